The predicted molar refractivity (Wildman–Crippen MR) is 96.9 cm³/mol. The van der Waals surface area contributed by atoms with Gasteiger partial charge in [-0.2, -0.15) is 0 Å². The maximum Gasteiger partial charge on any atom is 0.241 e. The van der Waals surface area contributed by atoms with E-state index in [2.05, 4.69) is 10.6 Å². The largest absolute Gasteiger partial charge is 0.377 e. The van der Waals surface area contributed by atoms with Crippen molar-refractivity contribution in [2.75, 3.05) is 18.5 Å². The van der Waals surface area contributed by atoms with Gasteiger partial charge in [0, 0.05) is 24.4 Å². The lowest BCUT2D eigenvalue weighted by atomic mass is 10.0. The standard InChI is InChI=1S/C20H24N2O2/c1-15(21-14-17-10-7-13-24-17)20(23)22-19-12-6-5-11-18(19)16-8-3-2-4-9-16/h2-6,8-9,11-12,15,17,21H,7,10,13-14H2,1H3,(H,22,23)/t15-,17-/m0/s1. The Bertz CT molecular complexity index is 666. The van der Waals surface area contributed by atoms with Crippen molar-refractivity contribution in [1.29, 1.82) is 0 Å². The molecule has 126 valence electrons. The van der Waals surface area contributed by atoms with Crippen LogP contribution in [-0.2, 0) is 9.53 Å². The van der Waals surface area contributed by atoms with Gasteiger partial charge in [0.1, 0.15) is 0 Å². The first-order valence-electron chi connectivity index (χ1n) is 8.54. The number of hydrogen-bond acceptors (Lipinski definition) is 3. The Kier molecular flexibility index (Phi) is 5.62. The number of ether oxygens (including phenoxy) is 1. The second kappa shape index (κ2) is 8.08. The molecule has 1 aliphatic rings. The molecule has 0 spiro atoms. The number of rotatable bonds is 6. The third-order valence-corrected chi connectivity index (χ3v) is 4.34. The smallest absolute Gasteiger partial charge is 0.241 e. The summed E-state index contributed by atoms with van der Waals surface area (Å²) in [6.45, 7) is 3.43. The predicted octanol–water partition coefficient (Wildman–Crippen LogP) is 3.45. The summed E-state index contributed by atoms with van der Waals surface area (Å²) in [5, 5.41) is 6.31. The number of para-hydroxylation sites is 1. The number of hydrogen-bond donors (Lipinski definition) is 2. The molecule has 1 saturated heterocycles. The molecule has 0 saturated carbocycles. The third kappa shape index (κ3) is 4.22. The van der Waals surface area contributed by atoms with Crippen LogP contribution in [0.25, 0.3) is 11.1 Å². The fourth-order valence-electron chi connectivity index (χ4n) is 2.91. The molecule has 0 radical (unpaired) electrons. The van der Waals surface area contributed by atoms with Gasteiger partial charge >= 0.3 is 0 Å². The topological polar surface area (TPSA) is 50.4 Å². The van der Waals surface area contributed by atoms with Gasteiger partial charge in [0.15, 0.2) is 0 Å². The van der Waals surface area contributed by atoms with Crippen LogP contribution >= 0.6 is 0 Å². The molecule has 24 heavy (non-hydrogen) atoms. The normalized spacial score (nSPS) is 18.3. The minimum Gasteiger partial charge on any atom is -0.377 e. The van der Waals surface area contributed by atoms with E-state index in [0.717, 1.165) is 42.8 Å². The molecule has 0 bridgehead atoms. The molecule has 4 nitrogen and oxygen atoms in total. The minimum atomic E-state index is -0.266. The second-order valence-electron chi connectivity index (χ2n) is 6.17. The molecule has 3 rings (SSSR count). The van der Waals surface area contributed by atoms with E-state index >= 15 is 0 Å². The van der Waals surface area contributed by atoms with Crippen LogP contribution in [0.3, 0.4) is 0 Å². The Morgan fingerprint density at radius 2 is 1.92 bits per heavy atom. The molecule has 0 aromatic heterocycles. The molecule has 0 unspecified atom stereocenters. The Labute approximate surface area is 143 Å². The summed E-state index contributed by atoms with van der Waals surface area (Å²) >= 11 is 0. The monoisotopic (exact) mass is 324 g/mol. The van der Waals surface area contributed by atoms with E-state index in [1.807, 2.05) is 61.5 Å². The number of anilines is 1. The van der Waals surface area contributed by atoms with Gasteiger partial charge < -0.3 is 15.4 Å². The van der Waals surface area contributed by atoms with Gasteiger partial charge in [-0.05, 0) is 31.4 Å². The first-order valence-corrected chi connectivity index (χ1v) is 8.54. The first-order chi connectivity index (χ1) is 11.7. The molecular formula is C20H24N2O2. The number of amides is 1. The molecule has 1 amide bonds. The summed E-state index contributed by atoms with van der Waals surface area (Å²) in [4.78, 5) is 12.5. The lowest BCUT2D eigenvalue weighted by Crippen LogP contribution is -2.41. The van der Waals surface area contributed by atoms with E-state index in [0.29, 0.717) is 0 Å². The molecule has 4 heteroatoms. The fourth-order valence-corrected chi connectivity index (χ4v) is 2.91. The highest BCUT2D eigenvalue weighted by Crippen LogP contribution is 2.27. The zero-order valence-corrected chi connectivity index (χ0v) is 14.0. The molecular weight excluding hydrogens is 300 g/mol. The van der Waals surface area contributed by atoms with Crippen LogP contribution in [0, 0.1) is 0 Å². The quantitative estimate of drug-likeness (QED) is 0.856. The maximum atomic E-state index is 12.5. The second-order valence-corrected chi connectivity index (χ2v) is 6.17. The van der Waals surface area contributed by atoms with Crippen LogP contribution in [0.4, 0.5) is 5.69 Å². The summed E-state index contributed by atoms with van der Waals surface area (Å²) in [6, 6.07) is 17.7. The maximum absolute atomic E-state index is 12.5. The zero-order valence-electron chi connectivity index (χ0n) is 14.0. The lowest BCUT2D eigenvalue weighted by Gasteiger charge is -2.18. The number of nitrogens with one attached hydrogen (secondary N) is 2. The van der Waals surface area contributed by atoms with Gasteiger partial charge in [-0.15, -0.1) is 0 Å². The highest BCUT2D eigenvalue weighted by atomic mass is 16.5. The Balaban J connectivity index is 1.63. The van der Waals surface area contributed by atoms with Crippen LogP contribution in [0.5, 0.6) is 0 Å². The average Bonchev–Trinajstić information content (AvgIpc) is 3.14. The molecule has 2 aromatic carbocycles. The Hall–Kier alpha value is -2.17. The lowest BCUT2D eigenvalue weighted by molar-refractivity contribution is -0.117. The van der Waals surface area contributed by atoms with Crippen LogP contribution < -0.4 is 10.6 Å². The van der Waals surface area contributed by atoms with Crippen LogP contribution in [0.1, 0.15) is 19.8 Å². The van der Waals surface area contributed by atoms with Crippen LogP contribution in [0.15, 0.2) is 54.6 Å². The number of benzene rings is 2. The average molecular weight is 324 g/mol. The minimum absolute atomic E-state index is 0.0311. The van der Waals surface area contributed by atoms with Crippen LogP contribution in [-0.4, -0.2) is 31.2 Å². The van der Waals surface area contributed by atoms with Crippen molar-refractivity contribution in [2.24, 2.45) is 0 Å². The van der Waals surface area contributed by atoms with Crippen molar-refractivity contribution in [3.8, 4) is 11.1 Å². The highest BCUT2D eigenvalue weighted by molar-refractivity contribution is 5.98. The van der Waals surface area contributed by atoms with Crippen LogP contribution in [0.2, 0.25) is 0 Å². The van der Waals surface area contributed by atoms with Gasteiger partial charge in [-0.1, -0.05) is 48.5 Å². The Morgan fingerprint density at radius 1 is 1.17 bits per heavy atom. The van der Waals surface area contributed by atoms with Crippen molar-refractivity contribution in [3.63, 3.8) is 0 Å². The van der Waals surface area contributed by atoms with Crippen molar-refractivity contribution >= 4 is 11.6 Å². The van der Waals surface area contributed by atoms with E-state index in [1.165, 1.54) is 0 Å². The number of carbonyl (C=O) groups excluding carboxylic acids is 1. The molecule has 0 aliphatic carbocycles. The van der Waals surface area contributed by atoms with E-state index < -0.39 is 0 Å². The zero-order chi connectivity index (χ0) is 16.8. The SMILES string of the molecule is C[C@H](NC[C@@H]1CCCO1)C(=O)Nc1ccccc1-c1ccccc1. The van der Waals surface area contributed by atoms with E-state index in [9.17, 15) is 4.79 Å². The van der Waals surface area contributed by atoms with Crippen molar-refractivity contribution in [1.82, 2.24) is 5.32 Å². The summed E-state index contributed by atoms with van der Waals surface area (Å²) < 4.78 is 5.58. The summed E-state index contributed by atoms with van der Waals surface area (Å²) in [6.07, 6.45) is 2.41. The van der Waals surface area contributed by atoms with Gasteiger partial charge in [-0.3, -0.25) is 4.79 Å². The van der Waals surface area contributed by atoms with Gasteiger partial charge in [-0.25, -0.2) is 0 Å². The molecule has 2 atom stereocenters. The molecule has 2 aromatic rings. The first kappa shape index (κ1) is 16.7. The van der Waals surface area contributed by atoms with E-state index in [-0.39, 0.29) is 18.1 Å². The highest BCUT2D eigenvalue weighted by Gasteiger charge is 2.19. The van der Waals surface area contributed by atoms with Crippen molar-refractivity contribution in [2.45, 2.75) is 31.9 Å². The van der Waals surface area contributed by atoms with Gasteiger partial charge in [0.25, 0.3) is 0 Å². The number of carbonyl (C=O) groups is 1. The van der Waals surface area contributed by atoms with E-state index in [4.69, 9.17) is 4.74 Å². The molecule has 1 fully saturated rings. The van der Waals surface area contributed by atoms with Crippen molar-refractivity contribution < 1.29 is 9.53 Å². The van der Waals surface area contributed by atoms with Gasteiger partial charge in [0.2, 0.25) is 5.91 Å². The van der Waals surface area contributed by atoms with Gasteiger partial charge in [0.05, 0.1) is 12.1 Å². The summed E-state index contributed by atoms with van der Waals surface area (Å²) in [7, 11) is 0. The summed E-state index contributed by atoms with van der Waals surface area (Å²) in [5.41, 5.74) is 2.95. The van der Waals surface area contributed by atoms with Crippen molar-refractivity contribution in [3.05, 3.63) is 54.6 Å². The Morgan fingerprint density at radius 3 is 2.67 bits per heavy atom. The fraction of sp³-hybridized carbons (Fsp3) is 0.350. The van der Waals surface area contributed by atoms with E-state index in [1.54, 1.807) is 0 Å². The molecule has 1 heterocycles. The summed E-state index contributed by atoms with van der Waals surface area (Å²) in [5.74, 6) is -0.0311. The molecule has 2 N–H and O–H groups in total. The third-order valence-electron chi connectivity index (χ3n) is 4.34. The molecule has 1 aliphatic heterocycles.